The molecule has 38 heavy (non-hydrogen) atoms. The van der Waals surface area contributed by atoms with Crippen LogP contribution in [0.2, 0.25) is 0 Å². The molecule has 1 heterocycles. The average molecular weight is 546 g/mol. The third-order valence-electron chi connectivity index (χ3n) is 5.88. The van der Waals surface area contributed by atoms with Crippen molar-refractivity contribution < 1.29 is 27.5 Å². The van der Waals surface area contributed by atoms with E-state index in [1.165, 1.54) is 30.3 Å². The Kier molecular flexibility index (Phi) is 10.0. The quantitative estimate of drug-likeness (QED) is 0.169. The number of morpholine rings is 1. The molecule has 0 aliphatic carbocycles. The zero-order valence-corrected chi connectivity index (χ0v) is 22.2. The molecule has 13 heteroatoms. The fraction of sp³-hybridized carbons (Fsp3) is 0.360. The Bertz CT molecular complexity index is 1260. The lowest BCUT2D eigenvalue weighted by molar-refractivity contribution is -0.138. The van der Waals surface area contributed by atoms with Gasteiger partial charge in [0.25, 0.3) is 10.0 Å². The van der Waals surface area contributed by atoms with E-state index in [0.29, 0.717) is 42.3 Å². The number of rotatable bonds is 10. The monoisotopic (exact) mass is 545 g/mol. The van der Waals surface area contributed by atoms with Crippen LogP contribution in [0.5, 0.6) is 0 Å². The molecule has 1 fully saturated rings. The minimum atomic E-state index is -3.96. The maximum Gasteiger partial charge on any atom is 0.327 e. The molecule has 5 N–H and O–H groups in total. The molecule has 0 spiro atoms. The van der Waals surface area contributed by atoms with Crippen molar-refractivity contribution in [2.24, 2.45) is 0 Å². The van der Waals surface area contributed by atoms with E-state index in [4.69, 9.17) is 4.74 Å². The van der Waals surface area contributed by atoms with Crippen LogP contribution in [0, 0.1) is 20.8 Å². The highest BCUT2D eigenvalue weighted by molar-refractivity contribution is 7.92. The molecule has 1 radical (unpaired) electrons. The maximum atomic E-state index is 13.0. The third-order valence-corrected chi connectivity index (χ3v) is 7.41. The summed E-state index contributed by atoms with van der Waals surface area (Å²) >= 11 is 0. The second kappa shape index (κ2) is 13.2. The van der Waals surface area contributed by atoms with Gasteiger partial charge in [-0.2, -0.15) is 0 Å². The number of hydrogen-bond donors (Lipinski definition) is 5. The molecule has 12 nitrogen and oxygen atoms in total. The van der Waals surface area contributed by atoms with E-state index in [-0.39, 0.29) is 10.6 Å². The highest BCUT2D eigenvalue weighted by atomic mass is 32.2. The van der Waals surface area contributed by atoms with E-state index in [1.54, 1.807) is 19.9 Å². The van der Waals surface area contributed by atoms with Crippen LogP contribution >= 0.6 is 0 Å². The van der Waals surface area contributed by atoms with Crippen molar-refractivity contribution in [2.75, 3.05) is 54.9 Å². The highest BCUT2D eigenvalue weighted by Gasteiger charge is 2.21. The Morgan fingerprint density at radius 1 is 0.974 bits per heavy atom. The van der Waals surface area contributed by atoms with Gasteiger partial charge in [-0.25, -0.2) is 8.42 Å². The minimum Gasteiger partial charge on any atom is -0.379 e. The van der Waals surface area contributed by atoms with Crippen molar-refractivity contribution in [3.05, 3.63) is 54.4 Å². The Morgan fingerprint density at radius 3 is 2.29 bits per heavy atom. The van der Waals surface area contributed by atoms with Crippen LogP contribution in [0.3, 0.4) is 0 Å². The van der Waals surface area contributed by atoms with Gasteiger partial charge in [0.15, 0.2) is 0 Å². The first-order valence-electron chi connectivity index (χ1n) is 12.1. The van der Waals surface area contributed by atoms with Crippen LogP contribution < -0.4 is 26.2 Å². The van der Waals surface area contributed by atoms with Crippen molar-refractivity contribution in [3.8, 4) is 0 Å². The van der Waals surface area contributed by atoms with Crippen molar-refractivity contribution in [1.29, 1.82) is 0 Å². The SMILES string of the molecule is [CH2]C(=O)Nc1c(C)ccc(S(=O)(=O)Nc2ccc(NNC(=O)C(=O)NCCCN3CCOCC3)cc2)c1C. The second-order valence-corrected chi connectivity index (χ2v) is 10.4. The van der Waals surface area contributed by atoms with Gasteiger partial charge in [-0.3, -0.25) is 34.9 Å². The topological polar surface area (TPSA) is 158 Å². The lowest BCUT2D eigenvalue weighted by atomic mass is 10.1. The molecule has 1 aliphatic rings. The summed E-state index contributed by atoms with van der Waals surface area (Å²) < 4.78 is 33.7. The van der Waals surface area contributed by atoms with Crippen LogP contribution in [0.4, 0.5) is 17.1 Å². The van der Waals surface area contributed by atoms with Gasteiger partial charge in [0.1, 0.15) is 0 Å². The number of aryl methyl sites for hydroxylation is 1. The first-order chi connectivity index (χ1) is 18.1. The Balaban J connectivity index is 1.49. The molecule has 0 bridgehead atoms. The Morgan fingerprint density at radius 2 is 1.63 bits per heavy atom. The van der Waals surface area contributed by atoms with Gasteiger partial charge in [0, 0.05) is 37.9 Å². The van der Waals surface area contributed by atoms with Crippen LogP contribution in [-0.4, -0.2) is 70.4 Å². The van der Waals surface area contributed by atoms with Gasteiger partial charge in [0.05, 0.1) is 23.8 Å². The third kappa shape index (κ3) is 8.16. The number of nitrogens with one attached hydrogen (secondary N) is 5. The predicted octanol–water partition coefficient (Wildman–Crippen LogP) is 1.16. The number of carbonyl (C=O) groups is 3. The van der Waals surface area contributed by atoms with Crippen LogP contribution in [0.25, 0.3) is 0 Å². The molecular formula is C25H33N6O6S. The molecule has 0 aromatic heterocycles. The lowest BCUT2D eigenvalue weighted by Gasteiger charge is -2.26. The van der Waals surface area contributed by atoms with E-state index >= 15 is 0 Å². The Labute approximate surface area is 222 Å². The van der Waals surface area contributed by atoms with E-state index < -0.39 is 27.7 Å². The van der Waals surface area contributed by atoms with Gasteiger partial charge in [-0.15, -0.1) is 0 Å². The lowest BCUT2D eigenvalue weighted by Crippen LogP contribution is -2.43. The van der Waals surface area contributed by atoms with Gasteiger partial charge in [0.2, 0.25) is 5.91 Å². The summed E-state index contributed by atoms with van der Waals surface area (Å²) in [5.74, 6) is -2.15. The van der Waals surface area contributed by atoms with Crippen molar-refractivity contribution in [3.63, 3.8) is 0 Å². The molecule has 0 atom stereocenters. The minimum absolute atomic E-state index is 0.0114. The average Bonchev–Trinajstić information content (AvgIpc) is 2.88. The number of carbonyl (C=O) groups excluding carboxylic acids is 3. The molecule has 2 aromatic carbocycles. The summed E-state index contributed by atoms with van der Waals surface area (Å²) in [7, 11) is -3.96. The number of sulfonamides is 1. The molecule has 0 unspecified atom stereocenters. The van der Waals surface area contributed by atoms with Gasteiger partial charge in [-0.1, -0.05) is 6.07 Å². The van der Waals surface area contributed by atoms with E-state index in [9.17, 15) is 22.8 Å². The van der Waals surface area contributed by atoms with Crippen molar-refractivity contribution in [2.45, 2.75) is 25.2 Å². The molecule has 3 amide bonds. The summed E-state index contributed by atoms with van der Waals surface area (Å²) in [6, 6.07) is 9.14. The maximum absolute atomic E-state index is 13.0. The fourth-order valence-corrected chi connectivity index (χ4v) is 5.19. The van der Waals surface area contributed by atoms with Gasteiger partial charge >= 0.3 is 11.8 Å². The molecule has 205 valence electrons. The zero-order valence-electron chi connectivity index (χ0n) is 21.4. The molecule has 2 aromatic rings. The first kappa shape index (κ1) is 28.9. The number of benzene rings is 2. The molecule has 1 aliphatic heterocycles. The van der Waals surface area contributed by atoms with Gasteiger partial charge < -0.3 is 15.4 Å². The van der Waals surface area contributed by atoms with Crippen molar-refractivity contribution >= 4 is 44.8 Å². The summed E-state index contributed by atoms with van der Waals surface area (Å²) in [5, 5.41) is 5.14. The largest absolute Gasteiger partial charge is 0.379 e. The normalized spacial score (nSPS) is 13.9. The predicted molar refractivity (Wildman–Crippen MR) is 144 cm³/mol. The molecule has 3 rings (SSSR count). The number of hydrogen-bond acceptors (Lipinski definition) is 8. The smallest absolute Gasteiger partial charge is 0.327 e. The van der Waals surface area contributed by atoms with Crippen LogP contribution in [0.1, 0.15) is 17.5 Å². The molecule has 1 saturated heterocycles. The number of hydrazine groups is 1. The Hall–Kier alpha value is -3.68. The summed E-state index contributed by atoms with van der Waals surface area (Å²) in [5.41, 5.74) is 7.14. The summed E-state index contributed by atoms with van der Waals surface area (Å²) in [4.78, 5) is 37.7. The number of anilines is 3. The highest BCUT2D eigenvalue weighted by Crippen LogP contribution is 2.28. The van der Waals surface area contributed by atoms with E-state index in [0.717, 1.165) is 26.1 Å². The van der Waals surface area contributed by atoms with E-state index in [1.807, 2.05) is 0 Å². The van der Waals surface area contributed by atoms with Crippen LogP contribution in [0.15, 0.2) is 41.3 Å². The second-order valence-electron chi connectivity index (χ2n) is 8.75. The van der Waals surface area contributed by atoms with E-state index in [2.05, 4.69) is 38.0 Å². The van der Waals surface area contributed by atoms with Crippen LogP contribution in [-0.2, 0) is 29.1 Å². The summed E-state index contributed by atoms with van der Waals surface area (Å²) in [6.07, 6.45) is 0.720. The number of nitrogens with zero attached hydrogens (tertiary/aromatic N) is 1. The zero-order chi connectivity index (χ0) is 27.7. The molecule has 0 saturated carbocycles. The fourth-order valence-electron chi connectivity index (χ4n) is 3.88. The van der Waals surface area contributed by atoms with Crippen molar-refractivity contribution in [1.82, 2.24) is 15.6 Å². The number of amides is 3. The first-order valence-corrected chi connectivity index (χ1v) is 13.6. The summed E-state index contributed by atoms with van der Waals surface area (Å²) in [6.45, 7) is 11.0. The molecular weight excluding hydrogens is 512 g/mol. The van der Waals surface area contributed by atoms with Gasteiger partial charge in [-0.05, 0) is 68.3 Å². The standard InChI is InChI=1S/C25H33N6O6S/c1-17-5-10-22(18(2)23(17)27-19(3)32)38(35,36)30-21-8-6-20(7-9-21)28-29-25(34)24(33)26-11-4-12-31-13-15-37-16-14-31/h5-10,28,30H,3-4,11-16H2,1-2H3,(H,26,33)(H,27,32)(H,29,34). The number of ether oxygens (including phenoxy) is 1.